The monoisotopic (exact) mass is 456 g/mol. The van der Waals surface area contributed by atoms with E-state index in [-0.39, 0.29) is 17.3 Å². The molecule has 4 atom stereocenters. The van der Waals surface area contributed by atoms with Crippen LogP contribution in [0.1, 0.15) is 75.8 Å². The number of fused-ring (bicyclic) bond motifs is 1. The minimum absolute atomic E-state index is 0.0455. The summed E-state index contributed by atoms with van der Waals surface area (Å²) in [7, 11) is 0. The van der Waals surface area contributed by atoms with Gasteiger partial charge in [-0.1, -0.05) is 36.4 Å². The van der Waals surface area contributed by atoms with Crippen LogP contribution in [-0.2, 0) is 11.2 Å². The maximum atomic E-state index is 15.2. The SMILES string of the molecule is C/C=C/CCc1ccc(-c2ccc(C3CCC4CC(OCC)CCC4C3)c(F)c2F)cc1F. The molecular formula is C29H35F3O. The van der Waals surface area contributed by atoms with E-state index in [2.05, 4.69) is 0 Å². The minimum atomic E-state index is -0.865. The molecule has 0 N–H and O–H groups in total. The Morgan fingerprint density at radius 2 is 1.73 bits per heavy atom. The summed E-state index contributed by atoms with van der Waals surface area (Å²) in [6.45, 7) is 4.72. The van der Waals surface area contributed by atoms with Crippen molar-refractivity contribution in [3.05, 3.63) is 71.1 Å². The first-order chi connectivity index (χ1) is 16.0. The molecule has 2 aliphatic rings. The Bertz CT molecular complexity index is 983. The molecule has 0 bridgehead atoms. The molecule has 2 aromatic rings. The first-order valence-corrected chi connectivity index (χ1v) is 12.5. The van der Waals surface area contributed by atoms with Crippen molar-refractivity contribution in [3.63, 3.8) is 0 Å². The van der Waals surface area contributed by atoms with Crippen LogP contribution in [0.3, 0.4) is 0 Å². The molecule has 178 valence electrons. The van der Waals surface area contributed by atoms with Crippen molar-refractivity contribution in [1.29, 1.82) is 0 Å². The highest BCUT2D eigenvalue weighted by Gasteiger charge is 2.37. The molecule has 0 aliphatic heterocycles. The zero-order valence-corrected chi connectivity index (χ0v) is 19.8. The van der Waals surface area contributed by atoms with Crippen LogP contribution in [0.5, 0.6) is 0 Å². The zero-order chi connectivity index (χ0) is 23.4. The Kier molecular flexibility index (Phi) is 7.95. The summed E-state index contributed by atoms with van der Waals surface area (Å²) >= 11 is 0. The molecule has 4 heteroatoms. The predicted octanol–water partition coefficient (Wildman–Crippen LogP) is 8.37. The molecule has 0 spiro atoms. The fraction of sp³-hybridized carbons (Fsp3) is 0.517. The van der Waals surface area contributed by atoms with E-state index in [9.17, 15) is 4.39 Å². The lowest BCUT2D eigenvalue weighted by Gasteiger charge is -2.42. The van der Waals surface area contributed by atoms with Crippen molar-refractivity contribution >= 4 is 0 Å². The number of benzene rings is 2. The Hall–Kier alpha value is -2.07. The van der Waals surface area contributed by atoms with Crippen LogP contribution < -0.4 is 0 Å². The third-order valence-corrected chi connectivity index (χ3v) is 7.70. The quantitative estimate of drug-likeness (QED) is 0.380. The second-order valence-electron chi connectivity index (χ2n) is 9.66. The van der Waals surface area contributed by atoms with Gasteiger partial charge in [0.1, 0.15) is 5.82 Å². The summed E-state index contributed by atoms with van der Waals surface area (Å²) < 4.78 is 50.7. The van der Waals surface area contributed by atoms with Crippen LogP contribution >= 0.6 is 0 Å². The molecule has 2 saturated carbocycles. The molecule has 0 heterocycles. The van der Waals surface area contributed by atoms with Crippen molar-refractivity contribution in [2.75, 3.05) is 6.61 Å². The standard InChI is InChI=1S/C29H35F3O/c1-3-5-6-7-19-8-10-23(18-27(19)30)26-15-14-25(28(31)29(26)32)22-11-9-21-17-24(33-4-2)13-12-20(21)16-22/h3,5,8,10,14-15,18,20-22,24H,4,6-7,9,11-13,16-17H2,1-2H3/b5-3+. The highest BCUT2D eigenvalue weighted by Crippen LogP contribution is 2.47. The maximum Gasteiger partial charge on any atom is 0.166 e. The lowest BCUT2D eigenvalue weighted by Crippen LogP contribution is -2.34. The van der Waals surface area contributed by atoms with Gasteiger partial charge < -0.3 is 4.74 Å². The number of hydrogen-bond donors (Lipinski definition) is 0. The van der Waals surface area contributed by atoms with Crippen LogP contribution in [0, 0.1) is 29.3 Å². The lowest BCUT2D eigenvalue weighted by molar-refractivity contribution is -0.00970. The van der Waals surface area contributed by atoms with Crippen molar-refractivity contribution in [3.8, 4) is 11.1 Å². The average Bonchev–Trinajstić information content (AvgIpc) is 2.82. The number of aryl methyl sites for hydroxylation is 1. The molecular weight excluding hydrogens is 421 g/mol. The fourth-order valence-electron chi connectivity index (χ4n) is 5.94. The second kappa shape index (κ2) is 10.9. The van der Waals surface area contributed by atoms with E-state index < -0.39 is 11.6 Å². The van der Waals surface area contributed by atoms with Gasteiger partial charge in [-0.25, -0.2) is 13.2 Å². The normalized spacial score (nSPS) is 25.4. The predicted molar refractivity (Wildman–Crippen MR) is 128 cm³/mol. The largest absolute Gasteiger partial charge is 0.378 e. The molecule has 2 fully saturated rings. The van der Waals surface area contributed by atoms with E-state index in [1.165, 1.54) is 6.07 Å². The van der Waals surface area contributed by atoms with Crippen molar-refractivity contribution in [1.82, 2.24) is 0 Å². The van der Waals surface area contributed by atoms with Crippen LogP contribution in [0.15, 0.2) is 42.5 Å². The number of halogens is 3. The molecule has 0 amide bonds. The van der Waals surface area contributed by atoms with Crippen molar-refractivity contribution in [2.24, 2.45) is 11.8 Å². The van der Waals surface area contributed by atoms with Gasteiger partial charge in [0.25, 0.3) is 0 Å². The van der Waals surface area contributed by atoms with E-state index in [4.69, 9.17) is 4.74 Å². The molecule has 0 saturated heterocycles. The second-order valence-corrected chi connectivity index (χ2v) is 9.66. The number of allylic oxidation sites excluding steroid dienone is 2. The van der Waals surface area contributed by atoms with Gasteiger partial charge in [-0.05, 0) is 106 Å². The summed E-state index contributed by atoms with van der Waals surface area (Å²) in [5.74, 6) is -0.766. The lowest BCUT2D eigenvalue weighted by atomic mass is 9.65. The maximum absolute atomic E-state index is 15.2. The smallest absolute Gasteiger partial charge is 0.166 e. The Morgan fingerprint density at radius 3 is 2.48 bits per heavy atom. The third-order valence-electron chi connectivity index (χ3n) is 7.70. The summed E-state index contributed by atoms with van der Waals surface area (Å²) in [4.78, 5) is 0. The molecule has 2 aliphatic carbocycles. The van der Waals surface area contributed by atoms with E-state index in [1.807, 2.05) is 26.0 Å². The zero-order valence-electron chi connectivity index (χ0n) is 19.8. The number of hydrogen-bond acceptors (Lipinski definition) is 1. The number of rotatable bonds is 7. The summed E-state index contributed by atoms with van der Waals surface area (Å²) in [5.41, 5.74) is 1.57. The van der Waals surface area contributed by atoms with Gasteiger partial charge in [0.15, 0.2) is 11.6 Å². The van der Waals surface area contributed by atoms with E-state index in [0.717, 1.165) is 51.6 Å². The average molecular weight is 457 g/mol. The Balaban J connectivity index is 1.49. The Morgan fingerprint density at radius 1 is 0.939 bits per heavy atom. The van der Waals surface area contributed by atoms with Gasteiger partial charge in [-0.3, -0.25) is 0 Å². The van der Waals surface area contributed by atoms with Crippen LogP contribution in [0.2, 0.25) is 0 Å². The molecule has 0 radical (unpaired) electrons. The number of ether oxygens (including phenoxy) is 1. The molecule has 2 aromatic carbocycles. The van der Waals surface area contributed by atoms with E-state index >= 15 is 8.78 Å². The molecule has 33 heavy (non-hydrogen) atoms. The van der Waals surface area contributed by atoms with Crippen molar-refractivity contribution in [2.45, 2.75) is 77.2 Å². The summed E-state index contributed by atoms with van der Waals surface area (Å²) in [6, 6.07) is 8.04. The minimum Gasteiger partial charge on any atom is -0.378 e. The Labute approximate surface area is 196 Å². The van der Waals surface area contributed by atoms with Crippen LogP contribution in [0.4, 0.5) is 13.2 Å². The van der Waals surface area contributed by atoms with Crippen LogP contribution in [-0.4, -0.2) is 12.7 Å². The highest BCUT2D eigenvalue weighted by molar-refractivity contribution is 5.65. The summed E-state index contributed by atoms with van der Waals surface area (Å²) in [6.07, 6.45) is 11.7. The van der Waals surface area contributed by atoms with Gasteiger partial charge in [-0.2, -0.15) is 0 Å². The van der Waals surface area contributed by atoms with Gasteiger partial charge in [0.05, 0.1) is 6.10 Å². The van der Waals surface area contributed by atoms with Crippen LogP contribution in [0.25, 0.3) is 11.1 Å². The first kappa shape index (κ1) is 24.1. The van der Waals surface area contributed by atoms with E-state index in [0.29, 0.717) is 41.1 Å². The van der Waals surface area contributed by atoms with Gasteiger partial charge in [0, 0.05) is 12.2 Å². The van der Waals surface area contributed by atoms with E-state index in [1.54, 1.807) is 24.3 Å². The molecule has 4 rings (SSSR count). The summed E-state index contributed by atoms with van der Waals surface area (Å²) in [5, 5.41) is 0. The van der Waals surface area contributed by atoms with Crippen molar-refractivity contribution < 1.29 is 17.9 Å². The molecule has 4 unspecified atom stereocenters. The fourth-order valence-corrected chi connectivity index (χ4v) is 5.94. The molecule has 0 aromatic heterocycles. The first-order valence-electron chi connectivity index (χ1n) is 12.5. The van der Waals surface area contributed by atoms with Gasteiger partial charge in [0.2, 0.25) is 0 Å². The third kappa shape index (κ3) is 5.37. The molecule has 1 nitrogen and oxygen atoms in total. The topological polar surface area (TPSA) is 9.23 Å². The van der Waals surface area contributed by atoms with Gasteiger partial charge >= 0.3 is 0 Å². The van der Waals surface area contributed by atoms with Gasteiger partial charge in [-0.15, -0.1) is 0 Å². The highest BCUT2D eigenvalue weighted by atomic mass is 19.2.